The van der Waals surface area contributed by atoms with Gasteiger partial charge < -0.3 is 9.32 Å². The average Bonchev–Trinajstić information content (AvgIpc) is 3.53. The predicted molar refractivity (Wildman–Crippen MR) is 153 cm³/mol. The van der Waals surface area contributed by atoms with Crippen molar-refractivity contribution in [1.82, 2.24) is 9.88 Å². The van der Waals surface area contributed by atoms with Gasteiger partial charge in [0.25, 0.3) is 11.8 Å². The van der Waals surface area contributed by atoms with Crippen LogP contribution in [0.15, 0.2) is 101 Å². The van der Waals surface area contributed by atoms with E-state index < -0.39 is 11.9 Å². The highest BCUT2D eigenvalue weighted by Gasteiger charge is 2.44. The summed E-state index contributed by atoms with van der Waals surface area (Å²) in [7, 11) is 0. The number of benzene rings is 4. The number of anilines is 1. The van der Waals surface area contributed by atoms with Crippen molar-refractivity contribution in [2.45, 2.75) is 25.9 Å². The summed E-state index contributed by atoms with van der Waals surface area (Å²) in [5.74, 6) is -0.754. The zero-order valence-corrected chi connectivity index (χ0v) is 22.3. The van der Waals surface area contributed by atoms with Crippen LogP contribution in [0.5, 0.6) is 0 Å². The lowest BCUT2D eigenvalue weighted by atomic mass is 10.1. The molecular formula is C32H24ClN3O4. The lowest BCUT2D eigenvalue weighted by Gasteiger charge is -2.28. The maximum absolute atomic E-state index is 13.7. The van der Waals surface area contributed by atoms with Crippen LogP contribution >= 0.6 is 11.6 Å². The van der Waals surface area contributed by atoms with Crippen LogP contribution in [-0.2, 0) is 16.1 Å². The summed E-state index contributed by atoms with van der Waals surface area (Å²) < 4.78 is 5.84. The summed E-state index contributed by atoms with van der Waals surface area (Å²) in [6.07, 6.45) is -0.131. The molecule has 1 unspecified atom stereocenters. The molecule has 1 atom stereocenters. The lowest BCUT2D eigenvalue weighted by molar-refractivity contribution is -0.122. The number of para-hydroxylation sites is 2. The summed E-state index contributed by atoms with van der Waals surface area (Å²) in [5, 5.41) is 0.479. The van der Waals surface area contributed by atoms with Crippen molar-refractivity contribution in [1.29, 1.82) is 0 Å². The lowest BCUT2D eigenvalue weighted by Crippen LogP contribution is -2.45. The van der Waals surface area contributed by atoms with E-state index in [0.29, 0.717) is 38.9 Å². The molecule has 3 amide bonds. The number of carbonyl (C=O) groups excluding carboxylic acids is 3. The molecule has 40 heavy (non-hydrogen) atoms. The Balaban J connectivity index is 1.30. The molecule has 5 aromatic rings. The minimum atomic E-state index is -0.978. The highest BCUT2D eigenvalue weighted by atomic mass is 35.5. The molecule has 4 aromatic carbocycles. The van der Waals surface area contributed by atoms with E-state index in [1.54, 1.807) is 48.5 Å². The second kappa shape index (κ2) is 10.4. The van der Waals surface area contributed by atoms with Gasteiger partial charge in [-0.05, 0) is 67.1 Å². The van der Waals surface area contributed by atoms with Gasteiger partial charge in [0.1, 0.15) is 11.6 Å². The second-order valence-corrected chi connectivity index (χ2v) is 10.1. The first kappa shape index (κ1) is 25.5. The first-order valence-electron chi connectivity index (χ1n) is 12.8. The third-order valence-electron chi connectivity index (χ3n) is 7.02. The van der Waals surface area contributed by atoms with Crippen molar-refractivity contribution in [2.24, 2.45) is 0 Å². The van der Waals surface area contributed by atoms with Crippen LogP contribution < -0.4 is 4.90 Å². The van der Waals surface area contributed by atoms with Gasteiger partial charge in [0, 0.05) is 22.7 Å². The Morgan fingerprint density at radius 1 is 0.950 bits per heavy atom. The highest BCUT2D eigenvalue weighted by Crippen LogP contribution is 2.31. The summed E-state index contributed by atoms with van der Waals surface area (Å²) >= 11 is 6.41. The van der Waals surface area contributed by atoms with Crippen molar-refractivity contribution in [2.75, 3.05) is 4.90 Å². The van der Waals surface area contributed by atoms with Crippen molar-refractivity contribution in [3.8, 4) is 11.5 Å². The van der Waals surface area contributed by atoms with Crippen LogP contribution in [-0.4, -0.2) is 33.6 Å². The number of imide groups is 1. The number of rotatable bonds is 6. The summed E-state index contributed by atoms with van der Waals surface area (Å²) in [4.78, 5) is 47.8. The Kier molecular flexibility index (Phi) is 6.66. The number of fused-ring (bicyclic) bond motifs is 1. The molecule has 1 fully saturated rings. The Hall–Kier alpha value is -4.75. The molecule has 0 N–H and O–H groups in total. The topological polar surface area (TPSA) is 83.7 Å². The van der Waals surface area contributed by atoms with E-state index >= 15 is 0 Å². The maximum atomic E-state index is 13.7. The molecule has 0 aliphatic carbocycles. The third-order valence-corrected chi connectivity index (χ3v) is 7.39. The predicted octanol–water partition coefficient (Wildman–Crippen LogP) is 6.43. The zero-order chi connectivity index (χ0) is 27.8. The van der Waals surface area contributed by atoms with Crippen LogP contribution in [0.25, 0.3) is 22.6 Å². The molecule has 0 spiro atoms. The van der Waals surface area contributed by atoms with Crippen LogP contribution in [0.4, 0.5) is 5.69 Å². The fourth-order valence-electron chi connectivity index (χ4n) is 4.88. The average molecular weight is 550 g/mol. The van der Waals surface area contributed by atoms with Crippen molar-refractivity contribution in [3.05, 3.63) is 119 Å². The number of hydrogen-bond acceptors (Lipinski definition) is 5. The zero-order valence-electron chi connectivity index (χ0n) is 21.6. The number of aryl methyl sites for hydroxylation is 1. The minimum absolute atomic E-state index is 0.0839. The Bertz CT molecular complexity index is 1710. The normalized spacial score (nSPS) is 15.2. The van der Waals surface area contributed by atoms with Gasteiger partial charge >= 0.3 is 0 Å². The molecule has 1 aliphatic rings. The Morgan fingerprint density at radius 3 is 2.38 bits per heavy atom. The van der Waals surface area contributed by atoms with Gasteiger partial charge in [-0.3, -0.25) is 14.4 Å². The number of halogens is 1. The summed E-state index contributed by atoms with van der Waals surface area (Å²) in [5.41, 5.74) is 4.67. The molecule has 0 radical (unpaired) electrons. The molecule has 0 saturated carbocycles. The second-order valence-electron chi connectivity index (χ2n) is 9.71. The van der Waals surface area contributed by atoms with Crippen molar-refractivity contribution in [3.63, 3.8) is 0 Å². The third kappa shape index (κ3) is 4.76. The number of amides is 3. The number of nitrogens with zero attached hydrogens (tertiary/aromatic N) is 3. The number of hydrogen-bond donors (Lipinski definition) is 0. The Labute approximate surface area is 235 Å². The number of oxazole rings is 1. The molecule has 1 saturated heterocycles. The van der Waals surface area contributed by atoms with Crippen LogP contribution in [0.3, 0.4) is 0 Å². The largest absolute Gasteiger partial charge is 0.436 e. The van der Waals surface area contributed by atoms with Crippen LogP contribution in [0.2, 0.25) is 5.02 Å². The van der Waals surface area contributed by atoms with E-state index in [4.69, 9.17) is 16.0 Å². The molecule has 7 nitrogen and oxygen atoms in total. The summed E-state index contributed by atoms with van der Waals surface area (Å²) in [6.45, 7) is 2.02. The molecule has 6 rings (SSSR count). The first-order valence-corrected chi connectivity index (χ1v) is 13.2. The smallest absolute Gasteiger partial charge is 0.257 e. The molecular weight excluding hydrogens is 526 g/mol. The monoisotopic (exact) mass is 549 g/mol. The summed E-state index contributed by atoms with van der Waals surface area (Å²) in [6, 6.07) is 27.7. The standard InChI is InChI=1S/C32H24ClN3O4/c1-20-10-12-22(13-11-20)31(38)35(19-23-6-2-3-7-25(23)33)27-18-29(37)36(32(27)39)24-16-14-21(15-17-24)30-34-26-8-4-5-9-28(26)40-30/h2-17,27H,18-19H2,1H3. The molecule has 0 bridgehead atoms. The molecule has 2 heterocycles. The van der Waals surface area contributed by atoms with Gasteiger partial charge in [-0.15, -0.1) is 0 Å². The van der Waals surface area contributed by atoms with E-state index in [9.17, 15) is 14.4 Å². The van der Waals surface area contributed by atoms with Gasteiger partial charge in [0.15, 0.2) is 5.58 Å². The molecule has 1 aliphatic heterocycles. The highest BCUT2D eigenvalue weighted by molar-refractivity contribution is 6.31. The van der Waals surface area contributed by atoms with Gasteiger partial charge in [0.05, 0.1) is 12.1 Å². The molecule has 8 heteroatoms. The van der Waals surface area contributed by atoms with Crippen LogP contribution in [0.1, 0.15) is 27.9 Å². The van der Waals surface area contributed by atoms with Gasteiger partial charge in [0.2, 0.25) is 11.8 Å². The quantitative estimate of drug-likeness (QED) is 0.228. The van der Waals surface area contributed by atoms with Gasteiger partial charge in [-0.1, -0.05) is 59.6 Å². The fraction of sp³-hybridized carbons (Fsp3) is 0.125. The van der Waals surface area contributed by atoms with Crippen molar-refractivity contribution < 1.29 is 18.8 Å². The number of carbonyl (C=O) groups is 3. The molecule has 198 valence electrons. The fourth-order valence-corrected chi connectivity index (χ4v) is 5.07. The minimum Gasteiger partial charge on any atom is -0.436 e. The van der Waals surface area contributed by atoms with Crippen molar-refractivity contribution >= 4 is 46.1 Å². The van der Waals surface area contributed by atoms with E-state index in [2.05, 4.69) is 4.98 Å². The van der Waals surface area contributed by atoms with E-state index in [1.807, 2.05) is 55.5 Å². The van der Waals surface area contributed by atoms with Gasteiger partial charge in [-0.2, -0.15) is 0 Å². The van der Waals surface area contributed by atoms with Crippen LogP contribution in [0, 0.1) is 6.92 Å². The maximum Gasteiger partial charge on any atom is 0.257 e. The first-order chi connectivity index (χ1) is 19.4. The SMILES string of the molecule is Cc1ccc(C(=O)N(Cc2ccccc2Cl)C2CC(=O)N(c3ccc(-c4nc5ccccc5o4)cc3)C2=O)cc1. The Morgan fingerprint density at radius 2 is 1.65 bits per heavy atom. The number of aromatic nitrogens is 1. The van der Waals surface area contributed by atoms with E-state index in [1.165, 1.54) is 4.90 Å². The molecule has 1 aromatic heterocycles. The van der Waals surface area contributed by atoms with E-state index in [-0.39, 0.29) is 24.8 Å². The van der Waals surface area contributed by atoms with E-state index in [0.717, 1.165) is 16.0 Å². The van der Waals surface area contributed by atoms with Gasteiger partial charge in [-0.25, -0.2) is 9.88 Å².